The van der Waals surface area contributed by atoms with Crippen LogP contribution in [0.15, 0.2) is 30.3 Å². The van der Waals surface area contributed by atoms with E-state index in [1.807, 2.05) is 25.1 Å². The van der Waals surface area contributed by atoms with E-state index < -0.39 is 11.9 Å². The van der Waals surface area contributed by atoms with Gasteiger partial charge in [0.2, 0.25) is 0 Å². The molecule has 174 valence electrons. The molecule has 0 radical (unpaired) electrons. The van der Waals surface area contributed by atoms with Gasteiger partial charge in [-0.3, -0.25) is 0 Å². The highest BCUT2D eigenvalue weighted by molar-refractivity contribution is 5.94. The molecular formula is C23H29NO8. The summed E-state index contributed by atoms with van der Waals surface area (Å²) in [6.07, 6.45) is 0. The first-order valence-corrected chi connectivity index (χ1v) is 10.1. The van der Waals surface area contributed by atoms with Gasteiger partial charge in [0.25, 0.3) is 0 Å². The average molecular weight is 447 g/mol. The van der Waals surface area contributed by atoms with Gasteiger partial charge in [0.05, 0.1) is 47.3 Å². The average Bonchev–Trinajstić information content (AvgIpc) is 2.81. The molecule has 0 N–H and O–H groups in total. The van der Waals surface area contributed by atoms with Crippen molar-refractivity contribution >= 4 is 11.9 Å². The van der Waals surface area contributed by atoms with E-state index in [9.17, 15) is 9.59 Å². The zero-order valence-electron chi connectivity index (χ0n) is 18.8. The highest BCUT2D eigenvalue weighted by Gasteiger charge is 2.17. The van der Waals surface area contributed by atoms with Crippen molar-refractivity contribution in [3.8, 4) is 16.9 Å². The van der Waals surface area contributed by atoms with Crippen molar-refractivity contribution in [2.45, 2.75) is 6.92 Å². The molecule has 1 heterocycles. The van der Waals surface area contributed by atoms with Gasteiger partial charge in [0, 0.05) is 7.11 Å². The van der Waals surface area contributed by atoms with Crippen LogP contribution in [0.3, 0.4) is 0 Å². The van der Waals surface area contributed by atoms with Crippen molar-refractivity contribution in [1.82, 2.24) is 4.98 Å². The molecule has 0 atom stereocenters. The lowest BCUT2D eigenvalue weighted by Crippen LogP contribution is -2.12. The lowest BCUT2D eigenvalue weighted by molar-refractivity contribution is 0.0180. The van der Waals surface area contributed by atoms with Crippen LogP contribution in [0, 0.1) is 6.92 Å². The number of aromatic nitrogens is 1. The SMILES string of the molecule is COCCOCCOCCOc1ccc(-c2cc(C(=O)OC)nc(C(=O)OC)c2)c(C)c1. The minimum Gasteiger partial charge on any atom is -0.491 e. The quantitative estimate of drug-likeness (QED) is 0.339. The minimum atomic E-state index is -0.640. The Morgan fingerprint density at radius 1 is 0.781 bits per heavy atom. The maximum atomic E-state index is 12.0. The molecule has 0 bridgehead atoms. The number of rotatable bonds is 13. The van der Waals surface area contributed by atoms with Crippen LogP contribution in [0.25, 0.3) is 11.1 Å². The topological polar surface area (TPSA) is 102 Å². The standard InChI is InChI=1S/C23H29NO8/c1-16-13-18(32-12-11-31-10-9-30-8-7-27-2)5-6-19(16)17-14-20(22(25)28-3)24-21(15-17)23(26)29-4/h5-6,13-15H,7-12H2,1-4H3. The number of carbonyl (C=O) groups excluding carboxylic acids is 2. The summed E-state index contributed by atoms with van der Waals surface area (Å²) in [6, 6.07) is 8.69. The van der Waals surface area contributed by atoms with Gasteiger partial charge in [0.1, 0.15) is 23.7 Å². The summed E-state index contributed by atoms with van der Waals surface area (Å²) in [5.74, 6) is -0.598. The van der Waals surface area contributed by atoms with E-state index in [1.54, 1.807) is 19.2 Å². The smallest absolute Gasteiger partial charge is 0.356 e. The van der Waals surface area contributed by atoms with Gasteiger partial charge in [-0.15, -0.1) is 0 Å². The third-order valence-electron chi connectivity index (χ3n) is 4.42. The van der Waals surface area contributed by atoms with Crippen LogP contribution in [0.1, 0.15) is 26.5 Å². The highest BCUT2D eigenvalue weighted by atomic mass is 16.6. The van der Waals surface area contributed by atoms with Crippen LogP contribution in [0.2, 0.25) is 0 Å². The molecule has 0 spiro atoms. The Labute approximate surface area is 187 Å². The zero-order valence-corrected chi connectivity index (χ0v) is 18.8. The van der Waals surface area contributed by atoms with Crippen molar-refractivity contribution in [2.75, 3.05) is 61.0 Å². The molecule has 1 aromatic carbocycles. The van der Waals surface area contributed by atoms with Crippen LogP contribution < -0.4 is 4.74 Å². The molecule has 2 rings (SSSR count). The number of carbonyl (C=O) groups is 2. The van der Waals surface area contributed by atoms with Crippen molar-refractivity contribution in [3.05, 3.63) is 47.3 Å². The van der Waals surface area contributed by atoms with Crippen molar-refractivity contribution in [1.29, 1.82) is 0 Å². The summed E-state index contributed by atoms with van der Waals surface area (Å²) in [7, 11) is 4.13. The Morgan fingerprint density at radius 3 is 1.88 bits per heavy atom. The van der Waals surface area contributed by atoms with Crippen molar-refractivity contribution in [3.63, 3.8) is 0 Å². The molecule has 0 fully saturated rings. The summed E-state index contributed by atoms with van der Waals surface area (Å²) in [5.41, 5.74) is 2.40. The van der Waals surface area contributed by atoms with Crippen molar-refractivity contribution < 1.29 is 38.0 Å². The first-order chi connectivity index (χ1) is 15.5. The fraction of sp³-hybridized carbons (Fsp3) is 0.435. The van der Waals surface area contributed by atoms with E-state index in [0.29, 0.717) is 51.0 Å². The number of ether oxygens (including phenoxy) is 6. The Bertz CT molecular complexity index is 865. The van der Waals surface area contributed by atoms with E-state index >= 15 is 0 Å². The van der Waals surface area contributed by atoms with E-state index in [1.165, 1.54) is 14.2 Å². The predicted molar refractivity (Wildman–Crippen MR) is 116 cm³/mol. The largest absolute Gasteiger partial charge is 0.491 e. The van der Waals surface area contributed by atoms with Gasteiger partial charge in [-0.1, -0.05) is 6.07 Å². The Kier molecular flexibility index (Phi) is 10.6. The number of hydrogen-bond acceptors (Lipinski definition) is 9. The molecule has 0 amide bonds. The second-order valence-electron chi connectivity index (χ2n) is 6.65. The summed E-state index contributed by atoms with van der Waals surface area (Å²) >= 11 is 0. The maximum absolute atomic E-state index is 12.0. The number of benzene rings is 1. The Balaban J connectivity index is 2.00. The Morgan fingerprint density at radius 2 is 1.34 bits per heavy atom. The summed E-state index contributed by atoms with van der Waals surface area (Å²) in [6.45, 7) is 4.83. The van der Waals surface area contributed by atoms with Gasteiger partial charge >= 0.3 is 11.9 Å². The van der Waals surface area contributed by atoms with Crippen LogP contribution >= 0.6 is 0 Å². The van der Waals surface area contributed by atoms with E-state index in [0.717, 1.165) is 11.1 Å². The van der Waals surface area contributed by atoms with Crippen molar-refractivity contribution in [2.24, 2.45) is 0 Å². The fourth-order valence-electron chi connectivity index (χ4n) is 2.84. The molecule has 0 unspecified atom stereocenters. The van der Waals surface area contributed by atoms with E-state index in [-0.39, 0.29) is 11.4 Å². The van der Waals surface area contributed by atoms with E-state index in [4.69, 9.17) is 28.4 Å². The normalized spacial score (nSPS) is 10.6. The number of pyridine rings is 1. The predicted octanol–water partition coefficient (Wildman–Crippen LogP) is 2.69. The second kappa shape index (κ2) is 13.4. The summed E-state index contributed by atoms with van der Waals surface area (Å²) < 4.78 is 30.9. The number of nitrogens with zero attached hydrogens (tertiary/aromatic N) is 1. The van der Waals surface area contributed by atoms with Crippen LogP contribution in [0.5, 0.6) is 5.75 Å². The van der Waals surface area contributed by atoms with Crippen LogP contribution in [-0.4, -0.2) is 77.9 Å². The molecule has 0 saturated carbocycles. The molecule has 9 heteroatoms. The van der Waals surface area contributed by atoms with Gasteiger partial charge in [-0.25, -0.2) is 14.6 Å². The monoisotopic (exact) mass is 447 g/mol. The van der Waals surface area contributed by atoms with Gasteiger partial charge < -0.3 is 28.4 Å². The third kappa shape index (κ3) is 7.60. The number of aryl methyl sites for hydroxylation is 1. The molecule has 1 aromatic heterocycles. The molecular weight excluding hydrogens is 418 g/mol. The molecule has 0 aliphatic heterocycles. The zero-order chi connectivity index (χ0) is 23.3. The lowest BCUT2D eigenvalue weighted by atomic mass is 9.99. The van der Waals surface area contributed by atoms with Gasteiger partial charge in [-0.2, -0.15) is 0 Å². The highest BCUT2D eigenvalue weighted by Crippen LogP contribution is 2.28. The van der Waals surface area contributed by atoms with Crippen LogP contribution in [-0.2, 0) is 23.7 Å². The van der Waals surface area contributed by atoms with E-state index in [2.05, 4.69) is 4.98 Å². The molecule has 32 heavy (non-hydrogen) atoms. The van der Waals surface area contributed by atoms with Crippen LogP contribution in [0.4, 0.5) is 0 Å². The number of esters is 2. The Hall–Kier alpha value is -3.01. The molecule has 0 aliphatic rings. The first kappa shape index (κ1) is 25.3. The molecule has 0 aliphatic carbocycles. The molecule has 0 saturated heterocycles. The number of methoxy groups -OCH3 is 3. The fourth-order valence-corrected chi connectivity index (χ4v) is 2.84. The second-order valence-corrected chi connectivity index (χ2v) is 6.65. The first-order valence-electron chi connectivity index (χ1n) is 10.1. The third-order valence-corrected chi connectivity index (χ3v) is 4.42. The molecule has 2 aromatic rings. The minimum absolute atomic E-state index is 0.0217. The summed E-state index contributed by atoms with van der Waals surface area (Å²) in [5, 5.41) is 0. The van der Waals surface area contributed by atoms with Gasteiger partial charge in [0.15, 0.2) is 0 Å². The maximum Gasteiger partial charge on any atom is 0.356 e. The summed E-state index contributed by atoms with van der Waals surface area (Å²) in [4.78, 5) is 28.0. The molecule has 9 nitrogen and oxygen atoms in total. The lowest BCUT2D eigenvalue weighted by Gasteiger charge is -2.12. The number of hydrogen-bond donors (Lipinski definition) is 0. The van der Waals surface area contributed by atoms with Gasteiger partial charge in [-0.05, 0) is 47.9 Å².